The van der Waals surface area contributed by atoms with E-state index in [1.807, 2.05) is 49.9 Å². The molecule has 0 aliphatic carbocycles. The third-order valence-corrected chi connectivity index (χ3v) is 6.46. The van der Waals surface area contributed by atoms with Crippen LogP contribution < -0.4 is 14.8 Å². The second-order valence-corrected chi connectivity index (χ2v) is 9.39. The largest absolute Gasteiger partial charge is 0.497 e. The summed E-state index contributed by atoms with van der Waals surface area (Å²) in [6.45, 7) is 3.88. The Morgan fingerprint density at radius 2 is 1.67 bits per heavy atom. The number of anilines is 1. The van der Waals surface area contributed by atoms with Gasteiger partial charge < -0.3 is 14.8 Å². The summed E-state index contributed by atoms with van der Waals surface area (Å²) in [5.41, 5.74) is 1.46. The molecule has 1 aromatic heterocycles. The Morgan fingerprint density at radius 1 is 1.06 bits per heavy atom. The lowest BCUT2D eigenvalue weighted by Gasteiger charge is -2.21. The van der Waals surface area contributed by atoms with Gasteiger partial charge >= 0.3 is 0 Å². The monoisotopic (exact) mass is 489 g/mol. The number of hydrogen-bond acceptors (Lipinski definition) is 7. The quantitative estimate of drug-likeness (QED) is 0.437. The van der Waals surface area contributed by atoms with Gasteiger partial charge in [0.05, 0.1) is 25.5 Å². The zero-order valence-corrected chi connectivity index (χ0v) is 21.1. The molecule has 0 bridgehead atoms. The summed E-state index contributed by atoms with van der Waals surface area (Å²) in [7, 11) is 7.09. The fourth-order valence-electron chi connectivity index (χ4n) is 3.03. The SMILES string of the molecule is COc1cc(NC(=O)C(C)Sc2nnc(C(C)N(C)C)n2-c2ccc(Cl)cc2)cc(OC)c1. The van der Waals surface area contributed by atoms with E-state index in [-0.39, 0.29) is 11.9 Å². The predicted molar refractivity (Wildman–Crippen MR) is 132 cm³/mol. The molecule has 0 aliphatic heterocycles. The molecule has 2 atom stereocenters. The molecule has 0 spiro atoms. The van der Waals surface area contributed by atoms with Crippen LogP contribution in [-0.2, 0) is 4.79 Å². The molecular formula is C23H28ClN5O3S. The number of aromatic nitrogens is 3. The number of amides is 1. The molecule has 0 aliphatic rings. The minimum absolute atomic E-state index is 0.0101. The molecule has 0 saturated heterocycles. The van der Waals surface area contributed by atoms with Gasteiger partial charge in [0.1, 0.15) is 11.5 Å². The van der Waals surface area contributed by atoms with Gasteiger partial charge in [-0.15, -0.1) is 10.2 Å². The molecule has 3 rings (SSSR count). The maximum atomic E-state index is 13.0. The van der Waals surface area contributed by atoms with Gasteiger partial charge in [0.2, 0.25) is 5.91 Å². The first kappa shape index (κ1) is 24.9. The van der Waals surface area contributed by atoms with Gasteiger partial charge in [-0.05, 0) is 52.2 Å². The molecular weight excluding hydrogens is 462 g/mol. The van der Waals surface area contributed by atoms with Crippen molar-refractivity contribution in [2.24, 2.45) is 0 Å². The van der Waals surface area contributed by atoms with Crippen molar-refractivity contribution in [3.05, 3.63) is 53.3 Å². The predicted octanol–water partition coefficient (Wildman–Crippen LogP) is 4.68. The van der Waals surface area contributed by atoms with E-state index in [1.54, 1.807) is 32.4 Å². The van der Waals surface area contributed by atoms with E-state index in [0.29, 0.717) is 27.4 Å². The van der Waals surface area contributed by atoms with E-state index >= 15 is 0 Å². The maximum absolute atomic E-state index is 13.0. The number of hydrogen-bond donors (Lipinski definition) is 1. The first-order chi connectivity index (χ1) is 15.7. The van der Waals surface area contributed by atoms with Crippen molar-refractivity contribution in [2.45, 2.75) is 30.3 Å². The molecule has 2 unspecified atom stereocenters. The first-order valence-electron chi connectivity index (χ1n) is 10.3. The van der Waals surface area contributed by atoms with Crippen LogP contribution in [0.1, 0.15) is 25.7 Å². The topological polar surface area (TPSA) is 81.5 Å². The van der Waals surface area contributed by atoms with Crippen LogP contribution in [0.3, 0.4) is 0 Å². The zero-order chi connectivity index (χ0) is 24.1. The Balaban J connectivity index is 1.86. The van der Waals surface area contributed by atoms with Crippen molar-refractivity contribution >= 4 is 35.0 Å². The Morgan fingerprint density at radius 3 is 2.21 bits per heavy atom. The Hall–Kier alpha value is -2.75. The first-order valence-corrected chi connectivity index (χ1v) is 11.6. The average molecular weight is 490 g/mol. The van der Waals surface area contributed by atoms with Gasteiger partial charge in [-0.2, -0.15) is 0 Å². The molecule has 1 N–H and O–H groups in total. The molecule has 0 radical (unpaired) electrons. The molecule has 33 heavy (non-hydrogen) atoms. The van der Waals surface area contributed by atoms with E-state index < -0.39 is 5.25 Å². The van der Waals surface area contributed by atoms with E-state index in [0.717, 1.165) is 11.5 Å². The van der Waals surface area contributed by atoms with Crippen molar-refractivity contribution in [3.8, 4) is 17.2 Å². The molecule has 8 nitrogen and oxygen atoms in total. The summed E-state index contributed by atoms with van der Waals surface area (Å²) in [5.74, 6) is 1.78. The van der Waals surface area contributed by atoms with Gasteiger partial charge in [0, 0.05) is 34.6 Å². The second-order valence-electron chi connectivity index (χ2n) is 7.64. The number of carbonyl (C=O) groups is 1. The fourth-order valence-corrected chi connectivity index (χ4v) is 4.03. The van der Waals surface area contributed by atoms with Gasteiger partial charge in [-0.1, -0.05) is 23.4 Å². The molecule has 0 fully saturated rings. The maximum Gasteiger partial charge on any atom is 0.237 e. The number of thioether (sulfide) groups is 1. The summed E-state index contributed by atoms with van der Waals surface area (Å²) >= 11 is 7.42. The Labute approximate surface area is 203 Å². The van der Waals surface area contributed by atoms with Crippen LogP contribution in [0.15, 0.2) is 47.6 Å². The number of halogens is 1. The second kappa shape index (κ2) is 10.9. The summed E-state index contributed by atoms with van der Waals surface area (Å²) in [5, 5.41) is 12.6. The standard InChI is InChI=1S/C23H28ClN5O3S/c1-14(28(3)4)21-26-27-23(29(21)18-9-7-16(24)8-10-18)33-15(2)22(30)25-17-11-19(31-5)13-20(12-17)32-6/h7-15H,1-6H3,(H,25,30). The molecule has 2 aromatic carbocycles. The van der Waals surface area contributed by atoms with Crippen molar-refractivity contribution in [2.75, 3.05) is 33.6 Å². The molecule has 10 heteroatoms. The number of benzene rings is 2. The van der Waals surface area contributed by atoms with Crippen molar-refractivity contribution in [1.29, 1.82) is 0 Å². The summed E-state index contributed by atoms with van der Waals surface area (Å²) < 4.78 is 12.5. The third-order valence-electron chi connectivity index (χ3n) is 5.16. The number of rotatable bonds is 9. The van der Waals surface area contributed by atoms with Gasteiger partial charge in [-0.25, -0.2) is 0 Å². The average Bonchev–Trinajstić information content (AvgIpc) is 3.21. The molecule has 176 valence electrons. The minimum Gasteiger partial charge on any atom is -0.497 e. The van der Waals surface area contributed by atoms with E-state index in [2.05, 4.69) is 27.3 Å². The molecule has 1 amide bonds. The van der Waals surface area contributed by atoms with Gasteiger partial charge in [0.25, 0.3) is 0 Å². The molecule has 1 heterocycles. The highest BCUT2D eigenvalue weighted by atomic mass is 35.5. The number of methoxy groups -OCH3 is 2. The number of nitrogens with one attached hydrogen (secondary N) is 1. The lowest BCUT2D eigenvalue weighted by Crippen LogP contribution is -2.23. The number of ether oxygens (including phenoxy) is 2. The zero-order valence-electron chi connectivity index (χ0n) is 19.5. The van der Waals surface area contributed by atoms with Crippen LogP contribution in [0.5, 0.6) is 11.5 Å². The van der Waals surface area contributed by atoms with Crippen molar-refractivity contribution in [3.63, 3.8) is 0 Å². The van der Waals surface area contributed by atoms with Crippen LogP contribution in [0.4, 0.5) is 5.69 Å². The summed E-state index contributed by atoms with van der Waals surface area (Å²) in [4.78, 5) is 15.0. The van der Waals surface area contributed by atoms with Crippen LogP contribution in [-0.4, -0.2) is 59.1 Å². The smallest absolute Gasteiger partial charge is 0.237 e. The number of nitrogens with zero attached hydrogens (tertiary/aromatic N) is 4. The highest BCUT2D eigenvalue weighted by molar-refractivity contribution is 8.00. The van der Waals surface area contributed by atoms with E-state index in [4.69, 9.17) is 21.1 Å². The summed E-state index contributed by atoms with van der Waals surface area (Å²) in [6, 6.07) is 12.7. The summed E-state index contributed by atoms with van der Waals surface area (Å²) in [6.07, 6.45) is 0. The lowest BCUT2D eigenvalue weighted by atomic mass is 10.2. The van der Waals surface area contributed by atoms with Crippen molar-refractivity contribution in [1.82, 2.24) is 19.7 Å². The van der Waals surface area contributed by atoms with E-state index in [9.17, 15) is 4.79 Å². The third kappa shape index (κ3) is 5.98. The van der Waals surface area contributed by atoms with E-state index in [1.165, 1.54) is 11.8 Å². The Kier molecular flexibility index (Phi) is 8.23. The molecule has 3 aromatic rings. The van der Waals surface area contributed by atoms with Crippen LogP contribution in [0.2, 0.25) is 5.02 Å². The van der Waals surface area contributed by atoms with Gasteiger partial charge in [0.15, 0.2) is 11.0 Å². The molecule has 0 saturated carbocycles. The fraction of sp³-hybridized carbons (Fsp3) is 0.348. The van der Waals surface area contributed by atoms with Crippen LogP contribution >= 0.6 is 23.4 Å². The highest BCUT2D eigenvalue weighted by Gasteiger charge is 2.24. The highest BCUT2D eigenvalue weighted by Crippen LogP contribution is 2.31. The van der Waals surface area contributed by atoms with Crippen LogP contribution in [0.25, 0.3) is 5.69 Å². The number of carbonyl (C=O) groups excluding carboxylic acids is 1. The Bertz CT molecular complexity index is 1080. The van der Waals surface area contributed by atoms with Gasteiger partial charge in [-0.3, -0.25) is 14.3 Å². The minimum atomic E-state index is -0.444. The normalized spacial score (nSPS) is 13.0. The van der Waals surface area contributed by atoms with Crippen LogP contribution in [0, 0.1) is 0 Å². The lowest BCUT2D eigenvalue weighted by molar-refractivity contribution is -0.115. The van der Waals surface area contributed by atoms with Crippen molar-refractivity contribution < 1.29 is 14.3 Å².